The van der Waals surface area contributed by atoms with E-state index >= 15 is 0 Å². The van der Waals surface area contributed by atoms with E-state index in [0.29, 0.717) is 12.1 Å². The van der Waals surface area contributed by atoms with Gasteiger partial charge < -0.3 is 0 Å². The van der Waals surface area contributed by atoms with Crippen molar-refractivity contribution in [2.45, 2.75) is 31.6 Å². The third kappa shape index (κ3) is 1.65. The molecule has 0 radical (unpaired) electrons. The zero-order valence-electron chi connectivity index (χ0n) is 11.8. The Morgan fingerprint density at radius 1 is 0.850 bits per heavy atom. The van der Waals surface area contributed by atoms with Crippen molar-refractivity contribution in [1.29, 1.82) is 0 Å². The van der Waals surface area contributed by atoms with Gasteiger partial charge in [0.15, 0.2) is 0 Å². The topological polar surface area (TPSA) is 15.4 Å². The summed E-state index contributed by atoms with van der Waals surface area (Å²) in [6.45, 7) is 4.41. The van der Waals surface area contributed by atoms with Gasteiger partial charge in [0, 0.05) is 0 Å². The Kier molecular flexibility index (Phi) is 2.39. The normalized spacial score (nSPS) is 29.7. The van der Waals surface area contributed by atoms with Gasteiger partial charge in [-0.3, -0.25) is 9.89 Å². The lowest BCUT2D eigenvalue weighted by molar-refractivity contribution is 0.281. The fourth-order valence-corrected chi connectivity index (χ4v) is 3.45. The Morgan fingerprint density at radius 3 is 2.10 bits per heavy atom. The van der Waals surface area contributed by atoms with E-state index in [1.165, 1.54) is 16.8 Å². The first-order valence-corrected chi connectivity index (χ1v) is 7.17. The summed E-state index contributed by atoms with van der Waals surface area (Å²) in [5.74, 6) is 0. The van der Waals surface area contributed by atoms with Crippen molar-refractivity contribution < 1.29 is 0 Å². The largest absolute Gasteiger partial charge is 0.266 e. The van der Waals surface area contributed by atoms with Crippen LogP contribution in [0.25, 0.3) is 0 Å². The second-order valence-corrected chi connectivity index (χ2v) is 6.07. The summed E-state index contributed by atoms with van der Waals surface area (Å²) in [5.41, 5.74) is 3.79. The van der Waals surface area contributed by atoms with Crippen LogP contribution in [0.3, 0.4) is 0 Å². The van der Waals surface area contributed by atoms with E-state index in [0.717, 1.165) is 0 Å². The molecule has 20 heavy (non-hydrogen) atoms. The fourth-order valence-electron chi connectivity index (χ4n) is 3.45. The van der Waals surface area contributed by atoms with Crippen LogP contribution in [0.4, 0.5) is 0 Å². The standard InChI is InChI=1S/C18H18N2/c1-18(2)19-15(13-9-5-3-6-10-13)17-16(20(17)18)14-11-7-4-8-12-14/h3-12,16-17H,1-2H3/t16-,17+,20?/m1/s1. The molecule has 3 atom stereocenters. The first kappa shape index (κ1) is 11.9. The third-order valence-electron chi connectivity index (χ3n) is 4.33. The number of nitrogens with zero attached hydrogens (tertiary/aromatic N) is 2. The van der Waals surface area contributed by atoms with Crippen molar-refractivity contribution in [3.63, 3.8) is 0 Å². The summed E-state index contributed by atoms with van der Waals surface area (Å²) >= 11 is 0. The molecular weight excluding hydrogens is 244 g/mol. The van der Waals surface area contributed by atoms with Gasteiger partial charge in [-0.2, -0.15) is 0 Å². The van der Waals surface area contributed by atoms with Gasteiger partial charge in [-0.05, 0) is 25.0 Å². The molecule has 1 fully saturated rings. The first-order valence-electron chi connectivity index (χ1n) is 7.17. The van der Waals surface area contributed by atoms with Crippen molar-refractivity contribution in [3.05, 3.63) is 71.8 Å². The summed E-state index contributed by atoms with van der Waals surface area (Å²) < 4.78 is 0. The van der Waals surface area contributed by atoms with Crippen LogP contribution in [0, 0.1) is 0 Å². The maximum Gasteiger partial charge on any atom is 0.109 e. The Hall–Kier alpha value is -1.93. The summed E-state index contributed by atoms with van der Waals surface area (Å²) in [6.07, 6.45) is 0. The summed E-state index contributed by atoms with van der Waals surface area (Å²) in [6, 6.07) is 22.3. The second kappa shape index (κ2) is 4.03. The molecule has 2 aromatic carbocycles. The SMILES string of the molecule is CC1(C)N=C(c2ccccc2)[C@H]2[C@@H](c3ccccc3)N21. The van der Waals surface area contributed by atoms with Crippen LogP contribution >= 0.6 is 0 Å². The van der Waals surface area contributed by atoms with Gasteiger partial charge in [0.25, 0.3) is 0 Å². The number of benzene rings is 2. The summed E-state index contributed by atoms with van der Waals surface area (Å²) in [7, 11) is 0. The molecule has 1 saturated heterocycles. The van der Waals surface area contributed by atoms with E-state index in [4.69, 9.17) is 4.99 Å². The third-order valence-corrected chi connectivity index (χ3v) is 4.33. The molecule has 0 aliphatic carbocycles. The molecule has 1 unspecified atom stereocenters. The first-order chi connectivity index (χ1) is 9.68. The lowest BCUT2D eigenvalue weighted by atomic mass is 10.0. The molecule has 2 aliphatic rings. The van der Waals surface area contributed by atoms with E-state index in [1.807, 2.05) is 0 Å². The molecule has 0 N–H and O–H groups in total. The molecule has 2 aromatic rings. The van der Waals surface area contributed by atoms with Crippen molar-refractivity contribution in [1.82, 2.24) is 4.90 Å². The van der Waals surface area contributed by atoms with Gasteiger partial charge in [-0.15, -0.1) is 0 Å². The highest BCUT2D eigenvalue weighted by atomic mass is 15.5. The van der Waals surface area contributed by atoms with Gasteiger partial charge >= 0.3 is 0 Å². The molecule has 4 rings (SSSR count). The number of aliphatic imine (C=N–C) groups is 1. The molecule has 0 aromatic heterocycles. The number of rotatable bonds is 2. The Balaban J connectivity index is 1.73. The molecule has 2 nitrogen and oxygen atoms in total. The highest BCUT2D eigenvalue weighted by Crippen LogP contribution is 2.54. The molecule has 0 amide bonds. The van der Waals surface area contributed by atoms with E-state index in [9.17, 15) is 0 Å². The van der Waals surface area contributed by atoms with Crippen LogP contribution in [0.2, 0.25) is 0 Å². The smallest absolute Gasteiger partial charge is 0.109 e. The van der Waals surface area contributed by atoms with Crippen molar-refractivity contribution in [2.75, 3.05) is 0 Å². The second-order valence-electron chi connectivity index (χ2n) is 6.07. The molecule has 2 heteroatoms. The van der Waals surface area contributed by atoms with E-state index in [1.54, 1.807) is 0 Å². The van der Waals surface area contributed by atoms with Crippen LogP contribution in [-0.2, 0) is 0 Å². The van der Waals surface area contributed by atoms with E-state index in [2.05, 4.69) is 79.4 Å². The van der Waals surface area contributed by atoms with Crippen LogP contribution in [-0.4, -0.2) is 22.3 Å². The molecule has 0 saturated carbocycles. The fraction of sp³-hybridized carbons (Fsp3) is 0.278. The van der Waals surface area contributed by atoms with Crippen LogP contribution < -0.4 is 0 Å². The number of hydrogen-bond donors (Lipinski definition) is 0. The summed E-state index contributed by atoms with van der Waals surface area (Å²) in [4.78, 5) is 7.44. The van der Waals surface area contributed by atoms with Gasteiger partial charge in [0.05, 0.1) is 17.8 Å². The summed E-state index contributed by atoms with van der Waals surface area (Å²) in [5, 5.41) is 0. The lowest BCUT2D eigenvalue weighted by Gasteiger charge is -2.20. The Labute approximate surface area is 119 Å². The van der Waals surface area contributed by atoms with Gasteiger partial charge in [-0.1, -0.05) is 60.7 Å². The van der Waals surface area contributed by atoms with Crippen molar-refractivity contribution in [3.8, 4) is 0 Å². The highest BCUT2D eigenvalue weighted by molar-refractivity contribution is 6.08. The predicted molar refractivity (Wildman–Crippen MR) is 81.9 cm³/mol. The number of hydrogen-bond acceptors (Lipinski definition) is 2. The number of fused-ring (bicyclic) bond motifs is 1. The highest BCUT2D eigenvalue weighted by Gasteiger charge is 2.62. The van der Waals surface area contributed by atoms with Crippen LogP contribution in [0.15, 0.2) is 65.7 Å². The minimum Gasteiger partial charge on any atom is -0.266 e. The van der Waals surface area contributed by atoms with E-state index in [-0.39, 0.29) is 5.66 Å². The Morgan fingerprint density at radius 2 is 1.45 bits per heavy atom. The van der Waals surface area contributed by atoms with Gasteiger partial charge in [-0.25, -0.2) is 0 Å². The van der Waals surface area contributed by atoms with Crippen molar-refractivity contribution >= 4 is 5.71 Å². The Bertz CT molecular complexity index is 658. The molecule has 2 aliphatic heterocycles. The zero-order valence-corrected chi connectivity index (χ0v) is 11.8. The van der Waals surface area contributed by atoms with E-state index < -0.39 is 0 Å². The maximum absolute atomic E-state index is 4.94. The molecule has 0 spiro atoms. The average molecular weight is 262 g/mol. The van der Waals surface area contributed by atoms with Crippen LogP contribution in [0.1, 0.15) is 31.0 Å². The molecular formula is C18H18N2. The zero-order chi connectivity index (χ0) is 13.7. The van der Waals surface area contributed by atoms with Gasteiger partial charge in [0.1, 0.15) is 5.66 Å². The minimum atomic E-state index is -0.101. The minimum absolute atomic E-state index is 0.101. The van der Waals surface area contributed by atoms with Crippen LogP contribution in [0.5, 0.6) is 0 Å². The maximum atomic E-state index is 4.94. The lowest BCUT2D eigenvalue weighted by Crippen LogP contribution is -2.25. The average Bonchev–Trinajstić information content (AvgIpc) is 3.17. The predicted octanol–water partition coefficient (Wildman–Crippen LogP) is 3.65. The molecule has 0 bridgehead atoms. The van der Waals surface area contributed by atoms with Gasteiger partial charge in [0.2, 0.25) is 0 Å². The quantitative estimate of drug-likeness (QED) is 0.754. The molecule has 100 valence electrons. The monoisotopic (exact) mass is 262 g/mol. The molecule has 2 heterocycles. The van der Waals surface area contributed by atoms with Crippen molar-refractivity contribution in [2.24, 2.45) is 4.99 Å².